The first-order valence-electron chi connectivity index (χ1n) is 22.0. The van der Waals surface area contributed by atoms with Crippen LogP contribution < -0.4 is 0 Å². The molecule has 0 atom stereocenters. The number of hydrogen-bond acceptors (Lipinski definition) is 21. The predicted octanol–water partition coefficient (Wildman–Crippen LogP) is 15.4. The summed E-state index contributed by atoms with van der Waals surface area (Å²) in [5.41, 5.74) is 10.4. The molecular formula is C50H68N12O3S7. The highest BCUT2D eigenvalue weighted by atomic mass is 32.1. The molecule has 0 saturated carbocycles. The number of nitrogens with zero attached hydrogens (tertiary/aromatic N) is 12. The van der Waals surface area contributed by atoms with Crippen LogP contribution in [0, 0.1) is 111 Å². The Morgan fingerprint density at radius 2 is 1.17 bits per heavy atom. The van der Waals surface area contributed by atoms with Crippen molar-refractivity contribution in [3.63, 3.8) is 0 Å². The summed E-state index contributed by atoms with van der Waals surface area (Å²) in [5, 5.41) is 20.5. The quantitative estimate of drug-likeness (QED) is 0.140. The van der Waals surface area contributed by atoms with Gasteiger partial charge in [-0.05, 0) is 239 Å². The van der Waals surface area contributed by atoms with E-state index in [0.717, 1.165) is 51.3 Å². The monoisotopic (exact) mass is 1110 g/mol. The van der Waals surface area contributed by atoms with E-state index in [9.17, 15) is 0 Å². The molecule has 0 aliphatic rings. The maximum atomic E-state index is 4.71. The zero-order chi connectivity index (χ0) is 53.7. The third-order valence-corrected chi connectivity index (χ3v) is 13.3. The van der Waals surface area contributed by atoms with Gasteiger partial charge >= 0.3 is 0 Å². The van der Waals surface area contributed by atoms with Gasteiger partial charge in [-0.15, -0.1) is 0 Å². The summed E-state index contributed by atoms with van der Waals surface area (Å²) in [5.74, 6) is 2.63. The van der Waals surface area contributed by atoms with Gasteiger partial charge in [0.05, 0.1) is 40.9 Å². The van der Waals surface area contributed by atoms with Crippen molar-refractivity contribution in [1.29, 1.82) is 0 Å². The number of rotatable bonds is 0. The Bertz CT molecular complexity index is 2390. The SMILES string of the molecule is Cc1cc(C)on1.Cc1cc(C)sn1.Cc1cc(C)sn1.Cc1ccno1.Cc1ccns1.Cc1ccsn1.Cc1cnoc1C.Cc1cnsc1.Cc1cnsc1C.Cc1csnc1C.Cn1cccn1. The normalized spacial score (nSPS) is 9.18. The van der Waals surface area contributed by atoms with Crippen LogP contribution in [0.3, 0.4) is 0 Å². The summed E-state index contributed by atoms with van der Waals surface area (Å²) in [7, 11) is 1.89. The third kappa shape index (κ3) is 34.6. The van der Waals surface area contributed by atoms with Crippen molar-refractivity contribution in [2.24, 2.45) is 7.05 Å². The van der Waals surface area contributed by atoms with Crippen LogP contribution in [0.25, 0.3) is 0 Å². The molecule has 11 heterocycles. The zero-order valence-corrected chi connectivity index (χ0v) is 50.0. The second kappa shape index (κ2) is 38.9. The first kappa shape index (κ1) is 64.3. The third-order valence-electron chi connectivity index (χ3n) is 8.10. The molecule has 0 aliphatic carbocycles. The Hall–Kier alpha value is -5.75. The fourth-order valence-corrected chi connectivity index (χ4v) is 7.79. The molecule has 0 spiro atoms. The lowest BCUT2D eigenvalue weighted by Gasteiger charge is -1.77. The van der Waals surface area contributed by atoms with E-state index in [2.05, 4.69) is 108 Å². The number of aryl methyl sites for hydroxylation is 17. The van der Waals surface area contributed by atoms with Gasteiger partial charge in [-0.2, -0.15) is 22.6 Å². The Labute approximate surface area is 454 Å². The molecule has 11 aromatic rings. The average molecular weight is 1110 g/mol. The van der Waals surface area contributed by atoms with Crippen LogP contribution in [0.15, 0.2) is 116 Å². The van der Waals surface area contributed by atoms with Gasteiger partial charge in [0.2, 0.25) is 0 Å². The maximum Gasteiger partial charge on any atom is 0.136 e. The summed E-state index contributed by atoms with van der Waals surface area (Å²) < 4.78 is 43.6. The van der Waals surface area contributed by atoms with Crippen LogP contribution in [0.1, 0.15) is 87.5 Å². The lowest BCUT2D eigenvalue weighted by Crippen LogP contribution is -1.83. The van der Waals surface area contributed by atoms with Crippen molar-refractivity contribution in [1.82, 2.24) is 55.9 Å². The second-order valence-electron chi connectivity index (χ2n) is 15.2. The summed E-state index contributed by atoms with van der Waals surface area (Å²) >= 11 is 10.7. The molecule has 72 heavy (non-hydrogen) atoms. The van der Waals surface area contributed by atoms with E-state index in [-0.39, 0.29) is 0 Å². The lowest BCUT2D eigenvalue weighted by molar-refractivity contribution is 0.393. The Morgan fingerprint density at radius 1 is 0.472 bits per heavy atom. The van der Waals surface area contributed by atoms with Gasteiger partial charge in [-0.1, -0.05) is 15.5 Å². The topological polar surface area (TPSA) is 186 Å². The van der Waals surface area contributed by atoms with Crippen LogP contribution in [0.2, 0.25) is 0 Å². The Balaban J connectivity index is 0.000000396. The average Bonchev–Trinajstić information content (AvgIpc) is 4.15. The van der Waals surface area contributed by atoms with Crippen LogP contribution in [-0.4, -0.2) is 55.9 Å². The second-order valence-corrected chi connectivity index (χ2v) is 21.2. The standard InChI is InChI=1S/2C5H7NO.4C5H7NS.C4H6N2.C4H5NO.3C4H5NS/c1-4-3-6-7-5(4)2;1-4-3-5(2)7-6-4;1-4-3-7-6-5(4)2;1-4-3-6-7-5(4)2;2*1-4-3-5(2)7-6-4;1-6-4-2-3-5-6;1-4-2-3-5-6-4;1-4-2-5-6-3-4;1-4-2-3-6-5-4;1-4-2-3-5-6-4/h6*3H,1-2H3;2-4H,1H3;4*2-3H,1H3. The minimum atomic E-state index is 0.856. The smallest absolute Gasteiger partial charge is 0.136 e. The molecule has 0 fully saturated rings. The minimum absolute atomic E-state index is 0.856. The number of aromatic nitrogens is 12. The van der Waals surface area contributed by atoms with Gasteiger partial charge in [-0.25, -0.2) is 13.1 Å². The van der Waals surface area contributed by atoms with Gasteiger partial charge in [0.1, 0.15) is 17.3 Å². The molecule has 0 saturated heterocycles. The molecule has 0 aromatic carbocycles. The van der Waals surface area contributed by atoms with E-state index >= 15 is 0 Å². The van der Waals surface area contributed by atoms with Crippen molar-refractivity contribution in [3.05, 3.63) is 189 Å². The van der Waals surface area contributed by atoms with Crippen LogP contribution >= 0.6 is 80.7 Å². The number of hydrogen-bond donors (Lipinski definition) is 0. The van der Waals surface area contributed by atoms with Crippen LogP contribution in [0.5, 0.6) is 0 Å². The highest BCUT2D eigenvalue weighted by molar-refractivity contribution is 7.06. The molecule has 388 valence electrons. The first-order valence-corrected chi connectivity index (χ1v) is 27.6. The molecule has 0 unspecified atom stereocenters. The fourth-order valence-electron chi connectivity index (χ4n) is 3.94. The molecule has 0 aliphatic heterocycles. The van der Waals surface area contributed by atoms with E-state index in [1.54, 1.807) is 70.1 Å². The fraction of sp³-hybridized carbons (Fsp3) is 0.340. The molecule has 0 bridgehead atoms. The predicted molar refractivity (Wildman–Crippen MR) is 303 cm³/mol. The van der Waals surface area contributed by atoms with Crippen LogP contribution in [0.4, 0.5) is 0 Å². The molecular weight excluding hydrogens is 1040 g/mol. The van der Waals surface area contributed by atoms with E-state index in [1.807, 2.05) is 137 Å². The van der Waals surface area contributed by atoms with Crippen molar-refractivity contribution < 1.29 is 13.6 Å². The molecule has 15 nitrogen and oxygen atoms in total. The molecule has 11 rings (SSSR count). The highest BCUT2D eigenvalue weighted by Crippen LogP contribution is 2.09. The molecule has 22 heteroatoms. The Morgan fingerprint density at radius 3 is 1.31 bits per heavy atom. The summed E-state index contributed by atoms with van der Waals surface area (Å²) in [6.07, 6.45) is 12.5. The summed E-state index contributed by atoms with van der Waals surface area (Å²) in [6.45, 7) is 31.9. The van der Waals surface area contributed by atoms with Gasteiger partial charge in [0, 0.05) is 91.4 Å². The van der Waals surface area contributed by atoms with Crippen molar-refractivity contribution in [2.45, 2.75) is 111 Å². The van der Waals surface area contributed by atoms with Gasteiger partial charge < -0.3 is 13.6 Å². The molecule has 0 N–H and O–H groups in total. The van der Waals surface area contributed by atoms with Gasteiger partial charge in [0.15, 0.2) is 0 Å². The van der Waals surface area contributed by atoms with Gasteiger partial charge in [0.25, 0.3) is 0 Å². The van der Waals surface area contributed by atoms with Crippen molar-refractivity contribution >= 4 is 80.7 Å². The van der Waals surface area contributed by atoms with Crippen molar-refractivity contribution in [2.75, 3.05) is 0 Å². The Kier molecular flexibility index (Phi) is 34.7. The van der Waals surface area contributed by atoms with E-state index in [1.165, 1.54) is 82.3 Å². The van der Waals surface area contributed by atoms with Crippen LogP contribution in [-0.2, 0) is 7.05 Å². The van der Waals surface area contributed by atoms with E-state index < -0.39 is 0 Å². The van der Waals surface area contributed by atoms with Gasteiger partial charge in [-0.3, -0.25) is 4.68 Å². The highest BCUT2D eigenvalue weighted by Gasteiger charge is 1.92. The maximum absolute atomic E-state index is 4.71. The minimum Gasteiger partial charge on any atom is -0.362 e. The summed E-state index contributed by atoms with van der Waals surface area (Å²) in [6, 6.07) is 13.7. The molecule has 11 aromatic heterocycles. The largest absolute Gasteiger partial charge is 0.362 e. The molecule has 0 radical (unpaired) electrons. The summed E-state index contributed by atoms with van der Waals surface area (Å²) in [4.78, 5) is 5.17. The lowest BCUT2D eigenvalue weighted by atomic mass is 10.3. The van der Waals surface area contributed by atoms with E-state index in [0.29, 0.717) is 0 Å². The van der Waals surface area contributed by atoms with Crippen molar-refractivity contribution in [3.8, 4) is 0 Å². The first-order chi connectivity index (χ1) is 34.2. The van der Waals surface area contributed by atoms with E-state index in [4.69, 9.17) is 9.05 Å². The zero-order valence-electron chi connectivity index (χ0n) is 44.3. The molecule has 0 amide bonds.